The second-order valence-electron chi connectivity index (χ2n) is 4.38. The number of hydrogen-bond acceptors (Lipinski definition) is 0. The monoisotopic (exact) mass is 366 g/mol. The van der Waals surface area contributed by atoms with Crippen LogP contribution in [-0.2, 0) is 0 Å². The van der Waals surface area contributed by atoms with Crippen molar-refractivity contribution in [2.24, 2.45) is 0 Å². The first-order chi connectivity index (χ1) is 8.72. The smallest absolute Gasteiger partial charge is 0.0463 e. The molecule has 0 nitrogen and oxygen atoms in total. The van der Waals surface area contributed by atoms with Gasteiger partial charge in [-0.05, 0) is 29.7 Å². The van der Waals surface area contributed by atoms with Crippen LogP contribution in [0, 0.1) is 0 Å². The van der Waals surface area contributed by atoms with Crippen LogP contribution in [0.1, 0.15) is 35.2 Å². The first-order valence-corrected chi connectivity index (χ1v) is 7.87. The van der Waals surface area contributed by atoms with E-state index in [-0.39, 0.29) is 0 Å². The summed E-state index contributed by atoms with van der Waals surface area (Å²) in [6.07, 6.45) is 1.12. The lowest BCUT2D eigenvalue weighted by atomic mass is 9.90. The highest BCUT2D eigenvalue weighted by atomic mass is 79.9. The highest BCUT2D eigenvalue weighted by molar-refractivity contribution is 9.10. The van der Waals surface area contributed by atoms with Gasteiger partial charge in [-0.25, -0.2) is 0 Å². The van der Waals surface area contributed by atoms with Crippen LogP contribution in [-0.4, -0.2) is 0 Å². The number of rotatable bonds is 4. The molecule has 0 aromatic heterocycles. The zero-order valence-corrected chi connectivity index (χ0v) is 13.5. The van der Waals surface area contributed by atoms with Crippen molar-refractivity contribution in [1.82, 2.24) is 0 Å². The Morgan fingerprint density at radius 1 is 0.889 bits per heavy atom. The molecule has 0 aliphatic rings. The lowest BCUT2D eigenvalue weighted by Gasteiger charge is -2.22. The predicted molar refractivity (Wildman–Crippen MR) is 85.3 cm³/mol. The van der Waals surface area contributed by atoms with Crippen LogP contribution in [0.5, 0.6) is 0 Å². The molecule has 0 aliphatic carbocycles. The van der Waals surface area contributed by atoms with Crippen LogP contribution < -0.4 is 0 Å². The number of alkyl halides is 1. The normalized spacial score (nSPS) is 14.2. The Morgan fingerprint density at radius 2 is 1.50 bits per heavy atom. The minimum absolute atomic E-state index is 0.359. The zero-order valence-electron chi connectivity index (χ0n) is 10.3. The van der Waals surface area contributed by atoms with Crippen LogP contribution in [0.15, 0.2) is 59.1 Å². The molecule has 2 atom stereocenters. The fourth-order valence-electron chi connectivity index (χ4n) is 2.19. The topological polar surface area (TPSA) is 0 Å². The first kappa shape index (κ1) is 13.8. The van der Waals surface area contributed by atoms with E-state index >= 15 is 0 Å². The van der Waals surface area contributed by atoms with Crippen LogP contribution in [0.4, 0.5) is 0 Å². The Labute approximate surface area is 126 Å². The van der Waals surface area contributed by atoms with Gasteiger partial charge in [0.1, 0.15) is 0 Å². The summed E-state index contributed by atoms with van der Waals surface area (Å²) in [5.74, 6) is 0.507. The van der Waals surface area contributed by atoms with E-state index in [9.17, 15) is 0 Å². The Kier molecular flexibility index (Phi) is 5.02. The summed E-state index contributed by atoms with van der Waals surface area (Å²) in [5.41, 5.74) is 2.72. The van der Waals surface area contributed by atoms with Gasteiger partial charge < -0.3 is 0 Å². The van der Waals surface area contributed by atoms with Gasteiger partial charge in [-0.1, -0.05) is 81.2 Å². The van der Waals surface area contributed by atoms with E-state index in [0.29, 0.717) is 10.7 Å². The van der Waals surface area contributed by atoms with Gasteiger partial charge in [0.25, 0.3) is 0 Å². The SMILES string of the molecule is CCC(c1ccccc1)C(Br)c1ccc(Br)cc1. The third kappa shape index (κ3) is 3.24. The van der Waals surface area contributed by atoms with Gasteiger partial charge in [0.05, 0.1) is 0 Å². The first-order valence-electron chi connectivity index (χ1n) is 6.17. The Morgan fingerprint density at radius 3 is 2.06 bits per heavy atom. The Bertz CT molecular complexity index is 476. The second kappa shape index (κ2) is 6.53. The Hall–Kier alpha value is -0.600. The summed E-state index contributed by atoms with van der Waals surface area (Å²) in [4.78, 5) is 0.359. The van der Waals surface area contributed by atoms with Crippen molar-refractivity contribution < 1.29 is 0 Å². The highest BCUT2D eigenvalue weighted by Crippen LogP contribution is 2.40. The third-order valence-electron chi connectivity index (χ3n) is 3.21. The maximum atomic E-state index is 3.86. The summed E-state index contributed by atoms with van der Waals surface area (Å²) in [7, 11) is 0. The van der Waals surface area contributed by atoms with Crippen molar-refractivity contribution in [1.29, 1.82) is 0 Å². The molecule has 2 rings (SSSR count). The van der Waals surface area contributed by atoms with Crippen LogP contribution in [0.25, 0.3) is 0 Å². The molecule has 94 valence electrons. The van der Waals surface area contributed by atoms with E-state index in [1.54, 1.807) is 0 Å². The predicted octanol–water partition coefficient (Wildman–Crippen LogP) is 6.08. The Balaban J connectivity index is 2.25. The lowest BCUT2D eigenvalue weighted by molar-refractivity contribution is 0.655. The van der Waals surface area contributed by atoms with Crippen molar-refractivity contribution in [2.45, 2.75) is 24.1 Å². The van der Waals surface area contributed by atoms with E-state index in [0.717, 1.165) is 10.9 Å². The van der Waals surface area contributed by atoms with E-state index in [2.05, 4.69) is 93.4 Å². The number of hydrogen-bond donors (Lipinski definition) is 0. The molecule has 0 N–H and O–H groups in total. The highest BCUT2D eigenvalue weighted by Gasteiger charge is 2.20. The van der Waals surface area contributed by atoms with Crippen LogP contribution >= 0.6 is 31.9 Å². The van der Waals surface area contributed by atoms with Gasteiger partial charge in [0.15, 0.2) is 0 Å². The van der Waals surface area contributed by atoms with Gasteiger partial charge in [-0.2, -0.15) is 0 Å². The van der Waals surface area contributed by atoms with E-state index < -0.39 is 0 Å². The van der Waals surface area contributed by atoms with Gasteiger partial charge in [0, 0.05) is 15.2 Å². The molecule has 0 spiro atoms. The standard InChI is InChI=1S/C16H16Br2/c1-2-15(12-6-4-3-5-7-12)16(18)13-8-10-14(17)11-9-13/h3-11,15-16H,2H2,1H3. The molecule has 0 bridgehead atoms. The van der Waals surface area contributed by atoms with Crippen molar-refractivity contribution in [3.63, 3.8) is 0 Å². The summed E-state index contributed by atoms with van der Waals surface area (Å²) in [6.45, 7) is 2.24. The maximum Gasteiger partial charge on any atom is 0.0463 e. The summed E-state index contributed by atoms with van der Waals surface area (Å²) >= 11 is 7.34. The fourth-order valence-corrected chi connectivity index (χ4v) is 3.44. The molecule has 0 heterocycles. The molecule has 0 radical (unpaired) electrons. The average molecular weight is 368 g/mol. The van der Waals surface area contributed by atoms with Crippen LogP contribution in [0.3, 0.4) is 0 Å². The number of halogens is 2. The molecule has 0 aliphatic heterocycles. The molecule has 2 unspecified atom stereocenters. The molecule has 0 amide bonds. The molecule has 2 aromatic rings. The van der Waals surface area contributed by atoms with Crippen molar-refractivity contribution in [3.8, 4) is 0 Å². The van der Waals surface area contributed by atoms with Gasteiger partial charge in [-0.15, -0.1) is 0 Å². The van der Waals surface area contributed by atoms with Crippen molar-refractivity contribution >= 4 is 31.9 Å². The molecule has 0 saturated heterocycles. The van der Waals surface area contributed by atoms with Gasteiger partial charge in [-0.3, -0.25) is 0 Å². The van der Waals surface area contributed by atoms with E-state index in [4.69, 9.17) is 0 Å². The van der Waals surface area contributed by atoms with Crippen molar-refractivity contribution in [2.75, 3.05) is 0 Å². The molecule has 2 heteroatoms. The van der Waals surface area contributed by atoms with E-state index in [1.807, 2.05) is 0 Å². The summed E-state index contributed by atoms with van der Waals surface area (Å²) < 4.78 is 1.12. The molecule has 0 fully saturated rings. The molecule has 2 aromatic carbocycles. The maximum absolute atomic E-state index is 3.86. The fraction of sp³-hybridized carbons (Fsp3) is 0.250. The average Bonchev–Trinajstić information content (AvgIpc) is 2.41. The largest absolute Gasteiger partial charge is 0.0832 e. The summed E-state index contributed by atoms with van der Waals surface area (Å²) in [5, 5.41) is 0. The zero-order chi connectivity index (χ0) is 13.0. The molecular formula is C16H16Br2. The van der Waals surface area contributed by atoms with Gasteiger partial charge in [0.2, 0.25) is 0 Å². The molecule has 18 heavy (non-hydrogen) atoms. The van der Waals surface area contributed by atoms with Crippen molar-refractivity contribution in [3.05, 3.63) is 70.2 Å². The second-order valence-corrected chi connectivity index (χ2v) is 6.28. The quantitative estimate of drug-likeness (QED) is 0.574. The minimum atomic E-state index is 0.359. The third-order valence-corrected chi connectivity index (χ3v) is 4.90. The minimum Gasteiger partial charge on any atom is -0.0832 e. The lowest BCUT2D eigenvalue weighted by Crippen LogP contribution is -2.05. The molecule has 0 saturated carbocycles. The van der Waals surface area contributed by atoms with Gasteiger partial charge >= 0.3 is 0 Å². The number of benzene rings is 2. The molecular weight excluding hydrogens is 352 g/mol. The summed E-state index contributed by atoms with van der Waals surface area (Å²) in [6, 6.07) is 19.3. The van der Waals surface area contributed by atoms with E-state index in [1.165, 1.54) is 11.1 Å². The van der Waals surface area contributed by atoms with Crippen LogP contribution in [0.2, 0.25) is 0 Å².